The van der Waals surface area contributed by atoms with Gasteiger partial charge in [-0.25, -0.2) is 9.59 Å². The van der Waals surface area contributed by atoms with E-state index in [4.69, 9.17) is 9.84 Å². The Morgan fingerprint density at radius 3 is 2.19 bits per heavy atom. The van der Waals surface area contributed by atoms with Gasteiger partial charge in [-0.2, -0.15) is 0 Å². The third-order valence-corrected chi connectivity index (χ3v) is 2.80. The zero-order valence-electron chi connectivity index (χ0n) is 11.4. The standard InChI is InChI=1S/C17H14O4/c1-12-2-7-14(8-3-12)17(20)21-15-9-4-13(5-10-15)6-11-16(18)19/h2-11H,1H3,(H,18,19)/b11-6+. The molecule has 0 atom stereocenters. The van der Waals surface area contributed by atoms with Crippen molar-refractivity contribution in [1.29, 1.82) is 0 Å². The van der Waals surface area contributed by atoms with Crippen LogP contribution < -0.4 is 4.74 Å². The second-order valence-electron chi connectivity index (χ2n) is 4.50. The Labute approximate surface area is 122 Å². The van der Waals surface area contributed by atoms with E-state index in [0.717, 1.165) is 11.6 Å². The lowest BCUT2D eigenvalue weighted by atomic mass is 10.1. The summed E-state index contributed by atoms with van der Waals surface area (Å²) in [7, 11) is 0. The van der Waals surface area contributed by atoms with E-state index in [1.54, 1.807) is 36.4 Å². The summed E-state index contributed by atoms with van der Waals surface area (Å²) < 4.78 is 5.24. The van der Waals surface area contributed by atoms with Crippen LogP contribution in [0.5, 0.6) is 5.75 Å². The fourth-order valence-electron chi connectivity index (χ4n) is 1.67. The van der Waals surface area contributed by atoms with Crippen LogP contribution in [-0.2, 0) is 4.79 Å². The molecular weight excluding hydrogens is 268 g/mol. The first-order valence-electron chi connectivity index (χ1n) is 6.34. The van der Waals surface area contributed by atoms with Gasteiger partial charge in [0.1, 0.15) is 5.75 Å². The summed E-state index contributed by atoms with van der Waals surface area (Å²) in [6, 6.07) is 13.7. The zero-order chi connectivity index (χ0) is 15.2. The van der Waals surface area contributed by atoms with Gasteiger partial charge in [0.2, 0.25) is 0 Å². The summed E-state index contributed by atoms with van der Waals surface area (Å²) in [5.41, 5.74) is 2.27. The molecule has 1 N–H and O–H groups in total. The molecule has 4 nitrogen and oxygen atoms in total. The van der Waals surface area contributed by atoms with E-state index < -0.39 is 11.9 Å². The minimum atomic E-state index is -1.01. The zero-order valence-corrected chi connectivity index (χ0v) is 11.4. The molecule has 0 spiro atoms. The number of aliphatic carboxylic acids is 1. The highest BCUT2D eigenvalue weighted by Crippen LogP contribution is 2.15. The normalized spacial score (nSPS) is 10.5. The lowest BCUT2D eigenvalue weighted by Gasteiger charge is -2.05. The molecule has 0 fully saturated rings. The molecule has 2 aromatic carbocycles. The van der Waals surface area contributed by atoms with E-state index in [-0.39, 0.29) is 0 Å². The van der Waals surface area contributed by atoms with Crippen molar-refractivity contribution in [3.63, 3.8) is 0 Å². The van der Waals surface area contributed by atoms with Crippen LogP contribution in [0.2, 0.25) is 0 Å². The highest BCUT2D eigenvalue weighted by molar-refractivity contribution is 5.91. The molecule has 0 unspecified atom stereocenters. The third-order valence-electron chi connectivity index (χ3n) is 2.80. The fraction of sp³-hybridized carbons (Fsp3) is 0.0588. The molecule has 0 saturated heterocycles. The van der Waals surface area contributed by atoms with Crippen molar-refractivity contribution in [3.8, 4) is 5.75 Å². The SMILES string of the molecule is Cc1ccc(C(=O)Oc2ccc(/C=C/C(=O)O)cc2)cc1. The number of esters is 1. The molecule has 0 amide bonds. The molecule has 4 heteroatoms. The number of hydrogen-bond acceptors (Lipinski definition) is 3. The quantitative estimate of drug-likeness (QED) is 0.531. The highest BCUT2D eigenvalue weighted by atomic mass is 16.5. The molecule has 0 aliphatic rings. The molecule has 0 saturated carbocycles. The number of ether oxygens (including phenoxy) is 1. The number of carboxylic acids is 1. The summed E-state index contributed by atoms with van der Waals surface area (Å²) in [6.07, 6.45) is 2.52. The summed E-state index contributed by atoms with van der Waals surface area (Å²) >= 11 is 0. The van der Waals surface area contributed by atoms with Crippen LogP contribution in [0.25, 0.3) is 6.08 Å². The maximum Gasteiger partial charge on any atom is 0.343 e. The third kappa shape index (κ3) is 4.31. The predicted octanol–water partition coefficient (Wildman–Crippen LogP) is 3.31. The molecule has 0 radical (unpaired) electrons. The molecule has 2 aromatic rings. The first-order valence-corrected chi connectivity index (χ1v) is 6.34. The second kappa shape index (κ2) is 6.52. The first-order chi connectivity index (χ1) is 10.0. The summed E-state index contributed by atoms with van der Waals surface area (Å²) in [6.45, 7) is 1.94. The van der Waals surface area contributed by atoms with Crippen molar-refractivity contribution in [2.45, 2.75) is 6.92 Å². The molecule has 0 bridgehead atoms. The van der Waals surface area contributed by atoms with Crippen LogP contribution in [0.3, 0.4) is 0 Å². The molecular formula is C17H14O4. The van der Waals surface area contributed by atoms with E-state index in [0.29, 0.717) is 16.9 Å². The Kier molecular flexibility index (Phi) is 4.51. The van der Waals surface area contributed by atoms with Crippen LogP contribution in [0, 0.1) is 6.92 Å². The smallest absolute Gasteiger partial charge is 0.343 e. The van der Waals surface area contributed by atoms with Crippen LogP contribution in [0.4, 0.5) is 0 Å². The van der Waals surface area contributed by atoms with Gasteiger partial charge in [-0.1, -0.05) is 29.8 Å². The lowest BCUT2D eigenvalue weighted by molar-refractivity contribution is -0.131. The van der Waals surface area contributed by atoms with Crippen LogP contribution in [0.1, 0.15) is 21.5 Å². The number of hydrogen-bond donors (Lipinski definition) is 1. The van der Waals surface area contributed by atoms with Gasteiger partial charge < -0.3 is 9.84 Å². The Morgan fingerprint density at radius 2 is 1.62 bits per heavy atom. The van der Waals surface area contributed by atoms with Crippen LogP contribution in [0.15, 0.2) is 54.6 Å². The second-order valence-corrected chi connectivity index (χ2v) is 4.50. The minimum absolute atomic E-state index is 0.410. The maximum absolute atomic E-state index is 11.9. The monoisotopic (exact) mass is 282 g/mol. The van der Waals surface area contributed by atoms with Gasteiger partial charge in [-0.3, -0.25) is 0 Å². The van der Waals surface area contributed by atoms with Crippen LogP contribution >= 0.6 is 0 Å². The number of carbonyl (C=O) groups excluding carboxylic acids is 1. The van der Waals surface area contributed by atoms with Crippen molar-refractivity contribution in [3.05, 3.63) is 71.3 Å². The van der Waals surface area contributed by atoms with E-state index in [9.17, 15) is 9.59 Å². The van der Waals surface area contributed by atoms with Gasteiger partial charge in [-0.15, -0.1) is 0 Å². The van der Waals surface area contributed by atoms with Gasteiger partial charge in [0.25, 0.3) is 0 Å². The number of benzene rings is 2. The van der Waals surface area contributed by atoms with Gasteiger partial charge >= 0.3 is 11.9 Å². The highest BCUT2D eigenvalue weighted by Gasteiger charge is 2.07. The summed E-state index contributed by atoms with van der Waals surface area (Å²) in [4.78, 5) is 22.3. The molecule has 2 rings (SSSR count). The topological polar surface area (TPSA) is 63.6 Å². The molecule has 106 valence electrons. The predicted molar refractivity (Wildman–Crippen MR) is 79.2 cm³/mol. The molecule has 0 aromatic heterocycles. The number of aryl methyl sites for hydroxylation is 1. The molecule has 0 heterocycles. The van der Waals surface area contributed by atoms with E-state index >= 15 is 0 Å². The van der Waals surface area contributed by atoms with E-state index in [2.05, 4.69) is 0 Å². The first kappa shape index (κ1) is 14.5. The average molecular weight is 282 g/mol. The van der Waals surface area contributed by atoms with Crippen molar-refractivity contribution < 1.29 is 19.4 Å². The maximum atomic E-state index is 11.9. The summed E-state index contributed by atoms with van der Waals surface area (Å²) in [5, 5.41) is 8.54. The Bertz CT molecular complexity index is 667. The minimum Gasteiger partial charge on any atom is -0.478 e. The average Bonchev–Trinajstić information content (AvgIpc) is 2.47. The number of carboxylic acid groups (broad SMARTS) is 1. The fourth-order valence-corrected chi connectivity index (χ4v) is 1.67. The largest absolute Gasteiger partial charge is 0.478 e. The Morgan fingerprint density at radius 1 is 1.00 bits per heavy atom. The van der Waals surface area contributed by atoms with Crippen molar-refractivity contribution in [2.75, 3.05) is 0 Å². The summed E-state index contributed by atoms with van der Waals surface area (Å²) in [5.74, 6) is -1.03. The number of rotatable bonds is 4. The van der Waals surface area contributed by atoms with E-state index in [1.807, 2.05) is 19.1 Å². The number of carbonyl (C=O) groups is 2. The van der Waals surface area contributed by atoms with Gasteiger partial charge in [0.05, 0.1) is 5.56 Å². The lowest BCUT2D eigenvalue weighted by Crippen LogP contribution is -2.08. The Hall–Kier alpha value is -2.88. The van der Waals surface area contributed by atoms with Crippen molar-refractivity contribution in [1.82, 2.24) is 0 Å². The van der Waals surface area contributed by atoms with Crippen molar-refractivity contribution >= 4 is 18.0 Å². The van der Waals surface area contributed by atoms with Crippen LogP contribution in [-0.4, -0.2) is 17.0 Å². The van der Waals surface area contributed by atoms with Crippen molar-refractivity contribution in [2.24, 2.45) is 0 Å². The molecule has 21 heavy (non-hydrogen) atoms. The van der Waals surface area contributed by atoms with Gasteiger partial charge in [0, 0.05) is 6.08 Å². The van der Waals surface area contributed by atoms with Gasteiger partial charge in [0.15, 0.2) is 0 Å². The Balaban J connectivity index is 2.04. The molecule has 0 aliphatic heterocycles. The van der Waals surface area contributed by atoms with Gasteiger partial charge in [-0.05, 0) is 42.8 Å². The molecule has 0 aliphatic carbocycles. The van der Waals surface area contributed by atoms with E-state index in [1.165, 1.54) is 6.08 Å².